The van der Waals surface area contributed by atoms with Crippen molar-refractivity contribution in [2.24, 2.45) is 5.73 Å². The first kappa shape index (κ1) is 15.9. The first-order valence-corrected chi connectivity index (χ1v) is 7.34. The summed E-state index contributed by atoms with van der Waals surface area (Å²) in [6.45, 7) is 0.899. The van der Waals surface area contributed by atoms with Gasteiger partial charge in [-0.15, -0.1) is 0 Å². The minimum atomic E-state index is -0.596. The Kier molecular flexibility index (Phi) is 5.73. The average Bonchev–Trinajstić information content (AvgIpc) is 2.50. The number of benzene rings is 2. The molecule has 1 atom stereocenters. The summed E-state index contributed by atoms with van der Waals surface area (Å²) in [4.78, 5) is 0. The third-order valence-electron chi connectivity index (χ3n) is 3.12. The van der Waals surface area contributed by atoms with Gasteiger partial charge in [-0.2, -0.15) is 0 Å². The molecule has 0 aliphatic heterocycles. The number of methoxy groups -OCH3 is 1. The second-order valence-electron chi connectivity index (χ2n) is 4.50. The number of hydrogen-bond acceptors (Lipinski definition) is 3. The number of ether oxygens (including phenoxy) is 2. The molecule has 21 heavy (non-hydrogen) atoms. The van der Waals surface area contributed by atoms with E-state index in [2.05, 4.69) is 15.9 Å². The van der Waals surface area contributed by atoms with Crippen molar-refractivity contribution in [3.63, 3.8) is 0 Å². The molecule has 0 fully saturated rings. The van der Waals surface area contributed by atoms with Gasteiger partial charge in [0.15, 0.2) is 0 Å². The second-order valence-corrected chi connectivity index (χ2v) is 5.35. The Labute approximate surface area is 132 Å². The molecule has 0 aromatic heterocycles. The molecule has 3 nitrogen and oxygen atoms in total. The lowest BCUT2D eigenvalue weighted by molar-refractivity contribution is 0.145. The molecule has 0 bridgehead atoms. The number of hydrogen-bond donors (Lipinski definition) is 1. The summed E-state index contributed by atoms with van der Waals surface area (Å²) in [5.74, 6) is 0.290. The summed E-state index contributed by atoms with van der Waals surface area (Å²) in [6.07, 6.45) is 0. The molecule has 0 amide bonds. The van der Waals surface area contributed by atoms with Gasteiger partial charge in [0, 0.05) is 18.2 Å². The smallest absolute Gasteiger partial charge is 0.142 e. The van der Waals surface area contributed by atoms with Gasteiger partial charge in [0.25, 0.3) is 0 Å². The molecule has 0 aliphatic carbocycles. The number of para-hydroxylation sites is 1. The molecule has 0 saturated carbocycles. The topological polar surface area (TPSA) is 44.5 Å². The largest absolute Gasteiger partial charge is 0.491 e. The number of halogens is 2. The van der Waals surface area contributed by atoms with Crippen molar-refractivity contribution in [3.8, 4) is 5.75 Å². The van der Waals surface area contributed by atoms with Gasteiger partial charge < -0.3 is 15.2 Å². The van der Waals surface area contributed by atoms with E-state index in [0.29, 0.717) is 29.0 Å². The van der Waals surface area contributed by atoms with Crippen LogP contribution in [0.2, 0.25) is 0 Å². The van der Waals surface area contributed by atoms with Crippen LogP contribution < -0.4 is 10.5 Å². The van der Waals surface area contributed by atoms with E-state index in [9.17, 15) is 4.39 Å². The highest BCUT2D eigenvalue weighted by atomic mass is 79.9. The highest BCUT2D eigenvalue weighted by Gasteiger charge is 2.18. The SMILES string of the molecule is COCCOc1ccccc1C(N)c1cccc(Br)c1F. The predicted molar refractivity (Wildman–Crippen MR) is 83.9 cm³/mol. The van der Waals surface area contributed by atoms with Crippen molar-refractivity contribution in [1.29, 1.82) is 0 Å². The molecule has 0 aliphatic rings. The van der Waals surface area contributed by atoms with Gasteiger partial charge in [-0.05, 0) is 28.1 Å². The van der Waals surface area contributed by atoms with Crippen LogP contribution in [0.25, 0.3) is 0 Å². The van der Waals surface area contributed by atoms with E-state index < -0.39 is 6.04 Å². The molecule has 1 unspecified atom stereocenters. The van der Waals surface area contributed by atoms with Crippen molar-refractivity contribution in [3.05, 3.63) is 63.9 Å². The Balaban J connectivity index is 2.30. The fourth-order valence-corrected chi connectivity index (χ4v) is 2.41. The van der Waals surface area contributed by atoms with Crippen LogP contribution in [0, 0.1) is 5.82 Å². The van der Waals surface area contributed by atoms with Gasteiger partial charge in [0.1, 0.15) is 18.2 Å². The van der Waals surface area contributed by atoms with E-state index in [0.717, 1.165) is 5.56 Å². The van der Waals surface area contributed by atoms with Crippen molar-refractivity contribution >= 4 is 15.9 Å². The van der Waals surface area contributed by atoms with E-state index >= 15 is 0 Å². The van der Waals surface area contributed by atoms with Crippen LogP contribution in [-0.4, -0.2) is 20.3 Å². The van der Waals surface area contributed by atoms with Crippen LogP contribution in [0.5, 0.6) is 5.75 Å². The summed E-state index contributed by atoms with van der Waals surface area (Å²) in [5.41, 5.74) is 7.38. The lowest BCUT2D eigenvalue weighted by Gasteiger charge is -2.18. The van der Waals surface area contributed by atoms with Crippen molar-refractivity contribution in [1.82, 2.24) is 0 Å². The standard InChI is InChI=1S/C16H17BrFNO2/c1-20-9-10-21-14-8-3-2-5-11(14)16(19)12-6-4-7-13(17)15(12)18/h2-8,16H,9-10,19H2,1H3. The Bertz CT molecular complexity index is 607. The lowest BCUT2D eigenvalue weighted by Crippen LogP contribution is -2.16. The van der Waals surface area contributed by atoms with Crippen molar-refractivity contribution in [2.45, 2.75) is 6.04 Å². The maximum atomic E-state index is 14.2. The molecule has 5 heteroatoms. The van der Waals surface area contributed by atoms with Gasteiger partial charge in [-0.3, -0.25) is 0 Å². The molecule has 0 saturated heterocycles. The maximum absolute atomic E-state index is 14.2. The number of nitrogens with two attached hydrogens (primary N) is 1. The molecule has 112 valence electrons. The quantitative estimate of drug-likeness (QED) is 0.806. The average molecular weight is 354 g/mol. The normalized spacial score (nSPS) is 12.2. The summed E-state index contributed by atoms with van der Waals surface area (Å²) in [6, 6.07) is 11.9. The predicted octanol–water partition coefficient (Wildman–Crippen LogP) is 3.66. The molecule has 0 spiro atoms. The molecule has 0 heterocycles. The van der Waals surface area contributed by atoms with E-state index in [1.165, 1.54) is 0 Å². The first-order valence-electron chi connectivity index (χ1n) is 6.55. The van der Waals surface area contributed by atoms with E-state index in [1.807, 2.05) is 24.3 Å². The Morgan fingerprint density at radius 2 is 1.81 bits per heavy atom. The van der Waals surface area contributed by atoms with Gasteiger partial charge in [0.2, 0.25) is 0 Å². The van der Waals surface area contributed by atoms with Crippen LogP contribution >= 0.6 is 15.9 Å². The van der Waals surface area contributed by atoms with Gasteiger partial charge in [-0.1, -0.05) is 30.3 Å². The van der Waals surface area contributed by atoms with Gasteiger partial charge in [0.05, 0.1) is 17.1 Å². The second kappa shape index (κ2) is 7.54. The fraction of sp³-hybridized carbons (Fsp3) is 0.250. The maximum Gasteiger partial charge on any atom is 0.142 e. The zero-order valence-electron chi connectivity index (χ0n) is 11.7. The fourth-order valence-electron chi connectivity index (χ4n) is 2.03. The highest BCUT2D eigenvalue weighted by Crippen LogP contribution is 2.31. The molecule has 2 N–H and O–H groups in total. The van der Waals surface area contributed by atoms with Crippen molar-refractivity contribution < 1.29 is 13.9 Å². The third-order valence-corrected chi connectivity index (χ3v) is 3.73. The monoisotopic (exact) mass is 353 g/mol. The Morgan fingerprint density at radius 1 is 1.10 bits per heavy atom. The third kappa shape index (κ3) is 3.81. The summed E-state index contributed by atoms with van der Waals surface area (Å²) >= 11 is 3.18. The van der Waals surface area contributed by atoms with Crippen LogP contribution in [0.4, 0.5) is 4.39 Å². The molecule has 2 rings (SSSR count). The van der Waals surface area contributed by atoms with Gasteiger partial charge >= 0.3 is 0 Å². The first-order chi connectivity index (χ1) is 10.1. The van der Waals surface area contributed by atoms with Crippen LogP contribution in [0.3, 0.4) is 0 Å². The van der Waals surface area contributed by atoms with Crippen LogP contribution in [0.1, 0.15) is 17.2 Å². The minimum absolute atomic E-state index is 0.350. The molecular weight excluding hydrogens is 337 g/mol. The Morgan fingerprint density at radius 3 is 2.57 bits per heavy atom. The van der Waals surface area contributed by atoms with Crippen LogP contribution in [-0.2, 0) is 4.74 Å². The zero-order chi connectivity index (χ0) is 15.2. The molecule has 0 radical (unpaired) electrons. The minimum Gasteiger partial charge on any atom is -0.491 e. The molecule has 2 aromatic rings. The molecule has 2 aromatic carbocycles. The Hall–Kier alpha value is -1.43. The summed E-state index contributed by atoms with van der Waals surface area (Å²) < 4.78 is 25.2. The molecular formula is C16H17BrFNO2. The zero-order valence-corrected chi connectivity index (χ0v) is 13.3. The van der Waals surface area contributed by atoms with E-state index in [1.54, 1.807) is 25.3 Å². The van der Waals surface area contributed by atoms with Crippen LogP contribution in [0.15, 0.2) is 46.9 Å². The van der Waals surface area contributed by atoms with E-state index in [-0.39, 0.29) is 5.82 Å². The number of rotatable bonds is 6. The van der Waals surface area contributed by atoms with Gasteiger partial charge in [-0.25, -0.2) is 4.39 Å². The summed E-state index contributed by atoms with van der Waals surface area (Å²) in [7, 11) is 1.61. The van der Waals surface area contributed by atoms with E-state index in [4.69, 9.17) is 15.2 Å². The van der Waals surface area contributed by atoms with Crippen molar-refractivity contribution in [2.75, 3.05) is 20.3 Å². The lowest BCUT2D eigenvalue weighted by atomic mass is 9.98. The highest BCUT2D eigenvalue weighted by molar-refractivity contribution is 9.10. The summed E-state index contributed by atoms with van der Waals surface area (Å²) in [5, 5.41) is 0.